The van der Waals surface area contributed by atoms with Gasteiger partial charge in [0.05, 0.1) is 16.9 Å². The van der Waals surface area contributed by atoms with Crippen molar-refractivity contribution in [2.75, 3.05) is 0 Å². The number of fused-ring (bicyclic) bond motifs is 1. The highest BCUT2D eigenvalue weighted by atomic mass is 16.5. The number of quaternary nitrogens is 1. The number of carbonyl (C=O) groups is 1. The fourth-order valence-electron chi connectivity index (χ4n) is 3.38. The van der Waals surface area contributed by atoms with E-state index in [1.54, 1.807) is 36.5 Å². The summed E-state index contributed by atoms with van der Waals surface area (Å²) < 4.78 is 11.6. The zero-order chi connectivity index (χ0) is 21.8. The molecule has 1 heterocycles. The molecule has 3 rings (SSSR count). The number of nitrogens with two attached hydrogens (primary N) is 1. The van der Waals surface area contributed by atoms with Crippen molar-refractivity contribution in [2.45, 2.75) is 39.8 Å². The molecule has 0 saturated heterocycles. The summed E-state index contributed by atoms with van der Waals surface area (Å²) in [5.41, 5.74) is 0.209. The summed E-state index contributed by atoms with van der Waals surface area (Å²) in [4.78, 5) is 24.5. The van der Waals surface area contributed by atoms with Crippen LogP contribution in [0.15, 0.2) is 51.7 Å². The molecule has 0 amide bonds. The van der Waals surface area contributed by atoms with Gasteiger partial charge in [0.25, 0.3) is 0 Å². The summed E-state index contributed by atoms with van der Waals surface area (Å²) in [5, 5.41) is 23.7. The number of aliphatic carboxylic acids is 1. The zero-order valence-corrected chi connectivity index (χ0v) is 17.2. The van der Waals surface area contributed by atoms with Crippen LogP contribution in [-0.2, 0) is 11.3 Å². The number of aryl methyl sites for hydroxylation is 1. The maximum absolute atomic E-state index is 13.0. The summed E-state index contributed by atoms with van der Waals surface area (Å²) >= 11 is 0. The van der Waals surface area contributed by atoms with E-state index in [2.05, 4.69) is 0 Å². The van der Waals surface area contributed by atoms with Crippen molar-refractivity contribution in [3.05, 3.63) is 64.0 Å². The van der Waals surface area contributed by atoms with E-state index in [1.807, 2.05) is 19.9 Å². The minimum Gasteiger partial charge on any atom is -0.544 e. The van der Waals surface area contributed by atoms with Gasteiger partial charge in [-0.2, -0.15) is 0 Å². The normalized spacial score (nSPS) is 13.2. The number of hydrogen-bond acceptors (Lipinski definition) is 6. The number of carboxylic acids is 1. The number of rotatable bonds is 8. The van der Waals surface area contributed by atoms with E-state index in [9.17, 15) is 19.8 Å². The average molecular weight is 411 g/mol. The highest BCUT2D eigenvalue weighted by Crippen LogP contribution is 2.30. The van der Waals surface area contributed by atoms with Crippen LogP contribution in [0.3, 0.4) is 0 Å². The van der Waals surface area contributed by atoms with Crippen molar-refractivity contribution in [1.82, 2.24) is 0 Å². The number of para-hydroxylation sites is 1. The zero-order valence-electron chi connectivity index (χ0n) is 17.2. The first-order chi connectivity index (χ1) is 14.3. The van der Waals surface area contributed by atoms with Crippen LogP contribution < -0.4 is 20.6 Å². The minimum absolute atomic E-state index is 0.0701. The number of aromatic hydroxyl groups is 1. The lowest BCUT2D eigenvalue weighted by Gasteiger charge is -2.22. The Labute approximate surface area is 173 Å². The van der Waals surface area contributed by atoms with Gasteiger partial charge in [-0.3, -0.25) is 4.79 Å². The van der Waals surface area contributed by atoms with E-state index in [0.717, 1.165) is 0 Å². The molecule has 0 aliphatic rings. The summed E-state index contributed by atoms with van der Waals surface area (Å²) in [6.45, 7) is 5.46. The van der Waals surface area contributed by atoms with Gasteiger partial charge in [-0.1, -0.05) is 32.0 Å². The molecule has 7 nitrogen and oxygen atoms in total. The molecule has 1 aromatic heterocycles. The molecule has 0 radical (unpaired) electrons. The molecule has 0 aliphatic heterocycles. The van der Waals surface area contributed by atoms with E-state index < -0.39 is 12.0 Å². The second-order valence-corrected chi connectivity index (χ2v) is 7.34. The molecule has 0 fully saturated rings. The molecule has 0 saturated carbocycles. The lowest BCUT2D eigenvalue weighted by Crippen LogP contribution is -2.93. The molecule has 158 valence electrons. The third-order valence-electron chi connectivity index (χ3n) is 5.33. The van der Waals surface area contributed by atoms with Crippen LogP contribution in [0.25, 0.3) is 11.0 Å². The summed E-state index contributed by atoms with van der Waals surface area (Å²) in [7, 11) is 0. The van der Waals surface area contributed by atoms with E-state index in [-0.39, 0.29) is 46.1 Å². The number of carboxylic acid groups (broad SMARTS) is 1. The second-order valence-electron chi connectivity index (χ2n) is 7.34. The number of phenols is 1. The Hall–Kier alpha value is -3.32. The topological polar surface area (TPSA) is 116 Å². The Morgan fingerprint density at radius 3 is 2.57 bits per heavy atom. The van der Waals surface area contributed by atoms with E-state index in [1.165, 1.54) is 12.1 Å². The Bertz CT molecular complexity index is 1110. The quantitative estimate of drug-likeness (QED) is 0.584. The summed E-state index contributed by atoms with van der Waals surface area (Å²) in [5.74, 6) is -0.515. The summed E-state index contributed by atoms with van der Waals surface area (Å²) in [6.07, 6.45) is 0.672. The SMILES string of the molecule is CC[C@@H](C)[C@@H]([NH2+]Cc1c(O)ccc2c(=O)c(Oc3ccccc3)c(C)oc12)C(=O)[O-]. The van der Waals surface area contributed by atoms with Crippen LogP contribution in [0.2, 0.25) is 0 Å². The highest BCUT2D eigenvalue weighted by molar-refractivity contribution is 5.83. The first-order valence-corrected chi connectivity index (χ1v) is 9.88. The van der Waals surface area contributed by atoms with Gasteiger partial charge in [-0.15, -0.1) is 0 Å². The molecule has 0 unspecified atom stereocenters. The number of carbonyl (C=O) groups excluding carboxylic acids is 1. The lowest BCUT2D eigenvalue weighted by molar-refractivity contribution is -0.704. The molecule has 0 aliphatic carbocycles. The van der Waals surface area contributed by atoms with Gasteiger partial charge >= 0.3 is 0 Å². The molecule has 30 heavy (non-hydrogen) atoms. The largest absolute Gasteiger partial charge is 0.544 e. The molecular weight excluding hydrogens is 386 g/mol. The van der Waals surface area contributed by atoms with Crippen LogP contribution in [0.5, 0.6) is 17.2 Å². The van der Waals surface area contributed by atoms with Gasteiger partial charge in [0.1, 0.15) is 29.8 Å². The highest BCUT2D eigenvalue weighted by Gasteiger charge is 2.24. The monoisotopic (exact) mass is 411 g/mol. The standard InChI is InChI=1S/C23H25NO6/c1-4-13(2)19(23(27)28)24-12-17-18(25)11-10-16-20(26)21(14(3)29-22(16)17)30-15-8-6-5-7-9-15/h5-11,13,19,24-25H,4,12H2,1-3H3,(H,27,28)/t13-,19-/m1/s1. The third-order valence-corrected chi connectivity index (χ3v) is 5.33. The first kappa shape index (κ1) is 21.4. The van der Waals surface area contributed by atoms with Gasteiger partial charge in [-0.25, -0.2) is 0 Å². The van der Waals surface area contributed by atoms with Crippen molar-refractivity contribution in [3.63, 3.8) is 0 Å². The third kappa shape index (κ3) is 4.31. The maximum Gasteiger partial charge on any atom is 0.235 e. The molecular formula is C23H25NO6. The van der Waals surface area contributed by atoms with Crippen LogP contribution in [0.1, 0.15) is 31.6 Å². The van der Waals surface area contributed by atoms with Crippen LogP contribution >= 0.6 is 0 Å². The van der Waals surface area contributed by atoms with E-state index in [0.29, 0.717) is 17.7 Å². The smallest absolute Gasteiger partial charge is 0.235 e. The lowest BCUT2D eigenvalue weighted by atomic mass is 9.98. The molecule has 3 N–H and O–H groups in total. The Morgan fingerprint density at radius 1 is 1.23 bits per heavy atom. The van der Waals surface area contributed by atoms with Crippen LogP contribution in [0.4, 0.5) is 0 Å². The average Bonchev–Trinajstić information content (AvgIpc) is 2.73. The van der Waals surface area contributed by atoms with Gasteiger partial charge in [0.15, 0.2) is 5.58 Å². The van der Waals surface area contributed by atoms with Gasteiger partial charge in [-0.05, 0) is 37.6 Å². The Balaban J connectivity index is 2.01. The van der Waals surface area contributed by atoms with Crippen molar-refractivity contribution in [2.24, 2.45) is 5.92 Å². The fraction of sp³-hybridized carbons (Fsp3) is 0.304. The number of phenolic OH excluding ortho intramolecular Hbond substituents is 1. The molecule has 3 aromatic rings. The van der Waals surface area contributed by atoms with Gasteiger partial charge in [0, 0.05) is 5.92 Å². The Kier molecular flexibility index (Phi) is 6.42. The number of benzene rings is 2. The van der Waals surface area contributed by atoms with E-state index in [4.69, 9.17) is 9.15 Å². The number of hydrogen-bond donors (Lipinski definition) is 2. The second kappa shape index (κ2) is 9.00. The molecule has 7 heteroatoms. The van der Waals surface area contributed by atoms with E-state index >= 15 is 0 Å². The first-order valence-electron chi connectivity index (χ1n) is 9.88. The number of ether oxygens (including phenoxy) is 1. The predicted octanol–water partition coefficient (Wildman–Crippen LogP) is 1.83. The fourth-order valence-corrected chi connectivity index (χ4v) is 3.38. The molecule has 0 bridgehead atoms. The van der Waals surface area contributed by atoms with Crippen LogP contribution in [-0.4, -0.2) is 17.1 Å². The van der Waals surface area contributed by atoms with Crippen molar-refractivity contribution < 1.29 is 29.5 Å². The van der Waals surface area contributed by atoms with Crippen LogP contribution in [0, 0.1) is 12.8 Å². The molecule has 2 atom stereocenters. The molecule has 2 aromatic carbocycles. The van der Waals surface area contributed by atoms with Crippen molar-refractivity contribution in [3.8, 4) is 17.2 Å². The summed E-state index contributed by atoms with van der Waals surface area (Å²) in [6, 6.07) is 11.0. The maximum atomic E-state index is 13.0. The molecule has 0 spiro atoms. The van der Waals surface area contributed by atoms with Gasteiger partial charge in [0.2, 0.25) is 11.2 Å². The minimum atomic E-state index is -1.17. The van der Waals surface area contributed by atoms with Gasteiger partial charge < -0.3 is 29.5 Å². The predicted molar refractivity (Wildman–Crippen MR) is 109 cm³/mol. The van der Waals surface area contributed by atoms with Crippen molar-refractivity contribution in [1.29, 1.82) is 0 Å². The Morgan fingerprint density at radius 2 is 1.93 bits per heavy atom. The van der Waals surface area contributed by atoms with Crippen molar-refractivity contribution >= 4 is 16.9 Å².